The molecule has 8 heteroatoms. The number of nitrogens with one attached hydrogen (secondary N) is 1. The molecule has 1 aromatic heterocycles. The summed E-state index contributed by atoms with van der Waals surface area (Å²) in [4.78, 5) is 52.7. The van der Waals surface area contributed by atoms with Crippen LogP contribution in [0.4, 0.5) is 5.69 Å². The number of carbonyl (C=O) groups excluding carboxylic acids is 2. The average molecular weight is 430 g/mol. The van der Waals surface area contributed by atoms with E-state index in [0.717, 1.165) is 15.7 Å². The Hall–Kier alpha value is -3.94. The number of carbonyl (C=O) groups is 2. The molecule has 0 bridgehead atoms. The van der Waals surface area contributed by atoms with Crippen molar-refractivity contribution < 1.29 is 9.59 Å². The Morgan fingerprint density at radius 2 is 1.72 bits per heavy atom. The molecule has 1 aliphatic heterocycles. The third-order valence-corrected chi connectivity index (χ3v) is 6.19. The Morgan fingerprint density at radius 3 is 2.47 bits per heavy atom. The molecule has 2 amide bonds. The van der Waals surface area contributed by atoms with E-state index in [0.29, 0.717) is 5.69 Å². The molecular weight excluding hydrogens is 408 g/mol. The second-order valence-electron chi connectivity index (χ2n) is 8.31. The Bertz CT molecular complexity index is 1350. The SMILES string of the molecule is Cc1cccc(N2C(=O)[C@@H]3C=C[C@@H](n4[nH]c(=O)n(Cc5ccccc5)c4=O)C[C@H]3C2=O)c1. The van der Waals surface area contributed by atoms with E-state index in [1.54, 1.807) is 24.3 Å². The van der Waals surface area contributed by atoms with Gasteiger partial charge < -0.3 is 0 Å². The van der Waals surface area contributed by atoms with Crippen molar-refractivity contribution in [2.75, 3.05) is 4.90 Å². The molecule has 3 aromatic rings. The number of amides is 2. The van der Waals surface area contributed by atoms with Crippen LogP contribution < -0.4 is 16.3 Å². The van der Waals surface area contributed by atoms with Crippen molar-refractivity contribution in [1.82, 2.24) is 14.3 Å². The van der Waals surface area contributed by atoms with Gasteiger partial charge in [0.25, 0.3) is 0 Å². The average Bonchev–Trinajstić information content (AvgIpc) is 3.21. The zero-order chi connectivity index (χ0) is 22.4. The number of aromatic nitrogens is 3. The van der Waals surface area contributed by atoms with E-state index in [4.69, 9.17) is 0 Å². The zero-order valence-corrected chi connectivity index (χ0v) is 17.5. The number of hydrogen-bond acceptors (Lipinski definition) is 4. The van der Waals surface area contributed by atoms with Crippen LogP contribution in [-0.4, -0.2) is 26.2 Å². The molecule has 3 atom stereocenters. The predicted octanol–water partition coefficient (Wildman–Crippen LogP) is 2.00. The van der Waals surface area contributed by atoms with Crippen LogP contribution in [-0.2, 0) is 16.1 Å². The number of imide groups is 1. The fraction of sp³-hybridized carbons (Fsp3) is 0.250. The molecule has 32 heavy (non-hydrogen) atoms. The molecule has 5 rings (SSSR count). The van der Waals surface area contributed by atoms with Crippen molar-refractivity contribution >= 4 is 17.5 Å². The summed E-state index contributed by atoms with van der Waals surface area (Å²) in [6, 6.07) is 16.0. The molecule has 1 fully saturated rings. The second-order valence-corrected chi connectivity index (χ2v) is 8.31. The minimum atomic E-state index is -0.578. The lowest BCUT2D eigenvalue weighted by molar-refractivity contribution is -0.122. The number of nitrogens with zero attached hydrogens (tertiary/aromatic N) is 3. The van der Waals surface area contributed by atoms with Crippen molar-refractivity contribution in [2.45, 2.75) is 25.9 Å². The molecule has 1 saturated heterocycles. The maximum absolute atomic E-state index is 13.1. The first-order chi connectivity index (χ1) is 15.4. The second kappa shape index (κ2) is 7.64. The van der Waals surface area contributed by atoms with E-state index in [9.17, 15) is 19.2 Å². The summed E-state index contributed by atoms with van der Waals surface area (Å²) in [7, 11) is 0. The number of hydrogen-bond donors (Lipinski definition) is 1. The maximum Gasteiger partial charge on any atom is 0.347 e. The van der Waals surface area contributed by atoms with E-state index in [-0.39, 0.29) is 24.8 Å². The van der Waals surface area contributed by atoms with Crippen LogP contribution in [0.1, 0.15) is 23.6 Å². The van der Waals surface area contributed by atoms with Crippen LogP contribution in [0.2, 0.25) is 0 Å². The van der Waals surface area contributed by atoms with Crippen LogP contribution in [0.3, 0.4) is 0 Å². The van der Waals surface area contributed by atoms with E-state index >= 15 is 0 Å². The molecule has 2 aromatic carbocycles. The number of anilines is 1. The summed E-state index contributed by atoms with van der Waals surface area (Å²) in [6.45, 7) is 2.06. The van der Waals surface area contributed by atoms with E-state index in [1.807, 2.05) is 49.4 Å². The summed E-state index contributed by atoms with van der Waals surface area (Å²) in [5, 5.41) is 2.61. The molecule has 162 valence electrons. The van der Waals surface area contributed by atoms with E-state index in [1.165, 1.54) is 9.58 Å². The third-order valence-electron chi connectivity index (χ3n) is 6.19. The Balaban J connectivity index is 1.43. The highest BCUT2D eigenvalue weighted by Crippen LogP contribution is 2.39. The first kappa shape index (κ1) is 20.0. The van der Waals surface area contributed by atoms with Crippen molar-refractivity contribution in [3.63, 3.8) is 0 Å². The van der Waals surface area contributed by atoms with Gasteiger partial charge in [0.15, 0.2) is 0 Å². The van der Waals surface area contributed by atoms with Crippen LogP contribution in [0, 0.1) is 18.8 Å². The molecule has 1 N–H and O–H groups in total. The molecule has 0 saturated carbocycles. The molecule has 2 heterocycles. The van der Waals surface area contributed by atoms with Crippen LogP contribution >= 0.6 is 0 Å². The van der Waals surface area contributed by atoms with Gasteiger partial charge in [-0.2, -0.15) is 0 Å². The van der Waals surface area contributed by atoms with E-state index in [2.05, 4.69) is 5.10 Å². The smallest absolute Gasteiger partial charge is 0.274 e. The molecular formula is C24H22N4O4. The van der Waals surface area contributed by atoms with Gasteiger partial charge in [-0.25, -0.2) is 28.8 Å². The quantitative estimate of drug-likeness (QED) is 0.506. The number of H-pyrrole nitrogens is 1. The minimum absolute atomic E-state index is 0.156. The molecule has 0 radical (unpaired) electrons. The van der Waals surface area contributed by atoms with Gasteiger partial charge in [0.2, 0.25) is 11.8 Å². The lowest BCUT2D eigenvalue weighted by atomic mass is 9.84. The number of fused-ring (bicyclic) bond motifs is 1. The van der Waals surface area contributed by atoms with Gasteiger partial charge in [0, 0.05) is 0 Å². The predicted molar refractivity (Wildman–Crippen MR) is 118 cm³/mol. The first-order valence-electron chi connectivity index (χ1n) is 10.5. The van der Waals surface area contributed by atoms with E-state index < -0.39 is 29.3 Å². The minimum Gasteiger partial charge on any atom is -0.274 e. The van der Waals surface area contributed by atoms with Crippen molar-refractivity contribution in [1.29, 1.82) is 0 Å². The summed E-state index contributed by atoms with van der Waals surface area (Å²) in [6.07, 6.45) is 3.68. The monoisotopic (exact) mass is 430 g/mol. The number of allylic oxidation sites excluding steroid dienone is 1. The van der Waals surface area contributed by atoms with Crippen molar-refractivity contribution in [3.8, 4) is 0 Å². The number of benzene rings is 2. The van der Waals surface area contributed by atoms with Gasteiger partial charge in [-0.15, -0.1) is 0 Å². The summed E-state index contributed by atoms with van der Waals surface area (Å²) < 4.78 is 2.39. The lowest BCUT2D eigenvalue weighted by Gasteiger charge is -2.23. The van der Waals surface area contributed by atoms with Crippen LogP contribution in [0.25, 0.3) is 0 Å². The highest BCUT2D eigenvalue weighted by Gasteiger charge is 2.49. The maximum atomic E-state index is 13.1. The van der Waals surface area contributed by atoms with Crippen molar-refractivity contribution in [3.05, 3.63) is 98.8 Å². The lowest BCUT2D eigenvalue weighted by Crippen LogP contribution is -2.33. The van der Waals surface area contributed by atoms with Gasteiger partial charge in [-0.05, 0) is 36.6 Å². The van der Waals surface area contributed by atoms with Gasteiger partial charge in [0.05, 0.1) is 30.1 Å². The standard InChI is InChI=1S/C24H22N4O4/c1-15-6-5-9-17(12-15)27-21(29)19-11-10-18(13-20(19)22(27)30)28-24(32)26(23(31)25-28)14-16-7-3-2-4-8-16/h2-12,18-20H,13-14H2,1H3,(H,25,31)/t18-,19-,20-/m1/s1. The topological polar surface area (TPSA) is 97.2 Å². The first-order valence-corrected chi connectivity index (χ1v) is 10.5. The van der Waals surface area contributed by atoms with Gasteiger partial charge in [-0.1, -0.05) is 54.6 Å². The summed E-state index contributed by atoms with van der Waals surface area (Å²) >= 11 is 0. The molecule has 8 nitrogen and oxygen atoms in total. The highest BCUT2D eigenvalue weighted by molar-refractivity contribution is 6.22. The fourth-order valence-electron chi connectivity index (χ4n) is 4.57. The molecule has 0 spiro atoms. The highest BCUT2D eigenvalue weighted by atomic mass is 16.2. The third kappa shape index (κ3) is 3.24. The van der Waals surface area contributed by atoms with Gasteiger partial charge >= 0.3 is 11.4 Å². The van der Waals surface area contributed by atoms with Crippen LogP contribution in [0.15, 0.2) is 76.3 Å². The summed E-state index contributed by atoms with van der Waals surface area (Å²) in [5.41, 5.74) is 1.36. The van der Waals surface area contributed by atoms with Gasteiger partial charge in [-0.3, -0.25) is 9.59 Å². The number of rotatable bonds is 4. The fourth-order valence-corrected chi connectivity index (χ4v) is 4.57. The molecule has 2 aliphatic rings. The summed E-state index contributed by atoms with van der Waals surface area (Å²) in [5.74, 6) is -1.68. The number of aromatic amines is 1. The Morgan fingerprint density at radius 1 is 0.938 bits per heavy atom. The Kier molecular flexibility index (Phi) is 4.77. The van der Waals surface area contributed by atoms with Gasteiger partial charge in [0.1, 0.15) is 0 Å². The van der Waals surface area contributed by atoms with Crippen LogP contribution in [0.5, 0.6) is 0 Å². The largest absolute Gasteiger partial charge is 0.347 e. The zero-order valence-electron chi connectivity index (χ0n) is 17.5. The van der Waals surface area contributed by atoms with Crippen molar-refractivity contribution in [2.24, 2.45) is 11.8 Å². The number of aryl methyl sites for hydroxylation is 1. The normalized spacial score (nSPS) is 22.4. The molecule has 1 aliphatic carbocycles. The Labute approximate surface area is 183 Å². The molecule has 0 unspecified atom stereocenters.